The molecule has 0 bridgehead atoms. The lowest BCUT2D eigenvalue weighted by Gasteiger charge is -2.29. The molecular formula is C17H32N4. The summed E-state index contributed by atoms with van der Waals surface area (Å²) >= 11 is 0. The average Bonchev–Trinajstić information content (AvgIpc) is 2.39. The van der Waals surface area contributed by atoms with Crippen LogP contribution in [0.4, 0.5) is 11.6 Å². The molecule has 4 nitrogen and oxygen atoms in total. The standard InChI is InChI=1S/C17H32N4/c1-7-9-15-16(18-8-2)19-12-20-17(15)21(10-13(3)4)11-14(5)6/h12-14H,7-11H2,1-6H3,(H,18,19,20). The SMILES string of the molecule is CCCc1c(NCC)ncnc1N(CC(C)C)CC(C)C. The molecule has 0 aromatic carbocycles. The number of aromatic nitrogens is 2. The summed E-state index contributed by atoms with van der Waals surface area (Å²) in [5, 5.41) is 3.39. The quantitative estimate of drug-likeness (QED) is 0.747. The lowest BCUT2D eigenvalue weighted by Crippen LogP contribution is -2.33. The molecule has 0 spiro atoms. The fourth-order valence-electron chi connectivity index (χ4n) is 2.60. The monoisotopic (exact) mass is 292 g/mol. The Bertz CT molecular complexity index is 405. The van der Waals surface area contributed by atoms with E-state index in [9.17, 15) is 0 Å². The molecule has 0 saturated heterocycles. The van der Waals surface area contributed by atoms with Crippen LogP contribution in [0.3, 0.4) is 0 Å². The number of hydrogen-bond acceptors (Lipinski definition) is 4. The predicted octanol–water partition coefficient (Wildman–Crippen LogP) is 3.98. The van der Waals surface area contributed by atoms with Gasteiger partial charge < -0.3 is 10.2 Å². The Morgan fingerprint density at radius 3 is 2.14 bits per heavy atom. The highest BCUT2D eigenvalue weighted by atomic mass is 15.2. The van der Waals surface area contributed by atoms with E-state index in [0.29, 0.717) is 11.8 Å². The molecule has 0 radical (unpaired) electrons. The second-order valence-electron chi connectivity index (χ2n) is 6.50. The van der Waals surface area contributed by atoms with Crippen LogP contribution in [0.5, 0.6) is 0 Å². The Hall–Kier alpha value is -1.32. The van der Waals surface area contributed by atoms with Crippen molar-refractivity contribution in [1.82, 2.24) is 9.97 Å². The summed E-state index contributed by atoms with van der Waals surface area (Å²) in [5.74, 6) is 3.36. The van der Waals surface area contributed by atoms with Crippen LogP contribution in [-0.4, -0.2) is 29.6 Å². The fourth-order valence-corrected chi connectivity index (χ4v) is 2.60. The van der Waals surface area contributed by atoms with Crippen molar-refractivity contribution >= 4 is 11.6 Å². The summed E-state index contributed by atoms with van der Waals surface area (Å²) < 4.78 is 0. The third-order valence-corrected chi connectivity index (χ3v) is 3.24. The van der Waals surface area contributed by atoms with Gasteiger partial charge in [-0.15, -0.1) is 0 Å². The van der Waals surface area contributed by atoms with Gasteiger partial charge in [0.05, 0.1) is 0 Å². The molecule has 0 amide bonds. The van der Waals surface area contributed by atoms with E-state index >= 15 is 0 Å². The largest absolute Gasteiger partial charge is 0.370 e. The van der Waals surface area contributed by atoms with Gasteiger partial charge in [0.15, 0.2) is 0 Å². The van der Waals surface area contributed by atoms with Gasteiger partial charge in [-0.3, -0.25) is 0 Å². The van der Waals surface area contributed by atoms with Crippen LogP contribution in [0.15, 0.2) is 6.33 Å². The zero-order valence-electron chi connectivity index (χ0n) is 14.6. The fraction of sp³-hybridized carbons (Fsp3) is 0.765. The van der Waals surface area contributed by atoms with E-state index in [1.165, 1.54) is 5.56 Å². The van der Waals surface area contributed by atoms with Crippen LogP contribution in [0.2, 0.25) is 0 Å². The van der Waals surface area contributed by atoms with Crippen molar-refractivity contribution < 1.29 is 0 Å². The molecule has 1 aromatic heterocycles. The molecule has 0 unspecified atom stereocenters. The molecule has 21 heavy (non-hydrogen) atoms. The summed E-state index contributed by atoms with van der Waals surface area (Å²) in [4.78, 5) is 11.5. The van der Waals surface area contributed by atoms with Crippen molar-refractivity contribution in [3.8, 4) is 0 Å². The van der Waals surface area contributed by atoms with E-state index in [2.05, 4.69) is 61.7 Å². The predicted molar refractivity (Wildman–Crippen MR) is 92.1 cm³/mol. The Balaban J connectivity index is 3.17. The van der Waals surface area contributed by atoms with Crippen molar-refractivity contribution in [2.75, 3.05) is 29.9 Å². The smallest absolute Gasteiger partial charge is 0.137 e. The van der Waals surface area contributed by atoms with Crippen molar-refractivity contribution in [2.24, 2.45) is 11.8 Å². The first-order valence-electron chi connectivity index (χ1n) is 8.32. The molecule has 4 heteroatoms. The van der Waals surface area contributed by atoms with E-state index in [4.69, 9.17) is 0 Å². The number of rotatable bonds is 9. The summed E-state index contributed by atoms with van der Waals surface area (Å²) in [5.41, 5.74) is 1.27. The Kier molecular flexibility index (Phi) is 7.48. The summed E-state index contributed by atoms with van der Waals surface area (Å²) in [6.45, 7) is 16.3. The first-order valence-corrected chi connectivity index (χ1v) is 8.32. The number of nitrogens with zero attached hydrogens (tertiary/aromatic N) is 3. The second-order valence-corrected chi connectivity index (χ2v) is 6.50. The highest BCUT2D eigenvalue weighted by Gasteiger charge is 2.18. The molecule has 0 saturated carbocycles. The van der Waals surface area contributed by atoms with Crippen molar-refractivity contribution in [3.05, 3.63) is 11.9 Å². The summed E-state index contributed by atoms with van der Waals surface area (Å²) in [7, 11) is 0. The second kappa shape index (κ2) is 8.85. The van der Waals surface area contributed by atoms with Gasteiger partial charge in [-0.1, -0.05) is 41.0 Å². The third kappa shape index (κ3) is 5.52. The normalized spacial score (nSPS) is 11.2. The van der Waals surface area contributed by atoms with Gasteiger partial charge in [0, 0.05) is 25.2 Å². The molecule has 0 atom stereocenters. The van der Waals surface area contributed by atoms with E-state index in [1.807, 2.05) is 0 Å². The molecule has 0 fully saturated rings. The van der Waals surface area contributed by atoms with Gasteiger partial charge in [0.2, 0.25) is 0 Å². The molecule has 1 N–H and O–H groups in total. The number of anilines is 2. The van der Waals surface area contributed by atoms with Gasteiger partial charge in [0.25, 0.3) is 0 Å². The van der Waals surface area contributed by atoms with E-state index in [-0.39, 0.29) is 0 Å². The molecule has 1 rings (SSSR count). The van der Waals surface area contributed by atoms with Crippen molar-refractivity contribution in [2.45, 2.75) is 54.4 Å². The maximum Gasteiger partial charge on any atom is 0.137 e. The van der Waals surface area contributed by atoms with E-state index in [1.54, 1.807) is 6.33 Å². The van der Waals surface area contributed by atoms with Crippen LogP contribution in [0.1, 0.15) is 53.5 Å². The zero-order chi connectivity index (χ0) is 15.8. The van der Waals surface area contributed by atoms with Crippen LogP contribution < -0.4 is 10.2 Å². The van der Waals surface area contributed by atoms with Crippen LogP contribution in [0.25, 0.3) is 0 Å². The zero-order valence-corrected chi connectivity index (χ0v) is 14.6. The number of nitrogens with one attached hydrogen (secondary N) is 1. The van der Waals surface area contributed by atoms with Gasteiger partial charge in [0.1, 0.15) is 18.0 Å². The lowest BCUT2D eigenvalue weighted by atomic mass is 10.1. The van der Waals surface area contributed by atoms with Crippen LogP contribution >= 0.6 is 0 Å². The highest BCUT2D eigenvalue weighted by Crippen LogP contribution is 2.26. The lowest BCUT2D eigenvalue weighted by molar-refractivity contribution is 0.546. The maximum absolute atomic E-state index is 4.62. The molecular weight excluding hydrogens is 260 g/mol. The molecule has 1 heterocycles. The molecule has 0 aliphatic carbocycles. The molecule has 0 aliphatic rings. The van der Waals surface area contributed by atoms with E-state index in [0.717, 1.165) is 44.1 Å². The molecule has 1 aromatic rings. The third-order valence-electron chi connectivity index (χ3n) is 3.24. The Morgan fingerprint density at radius 2 is 1.67 bits per heavy atom. The summed E-state index contributed by atoms with van der Waals surface area (Å²) in [6, 6.07) is 0. The first-order chi connectivity index (χ1) is 9.99. The Morgan fingerprint density at radius 1 is 1.05 bits per heavy atom. The highest BCUT2D eigenvalue weighted by molar-refractivity contribution is 5.59. The van der Waals surface area contributed by atoms with Gasteiger partial charge >= 0.3 is 0 Å². The maximum atomic E-state index is 4.62. The van der Waals surface area contributed by atoms with E-state index < -0.39 is 0 Å². The van der Waals surface area contributed by atoms with Gasteiger partial charge in [-0.2, -0.15) is 0 Å². The van der Waals surface area contributed by atoms with Crippen LogP contribution in [-0.2, 0) is 6.42 Å². The minimum Gasteiger partial charge on any atom is -0.370 e. The minimum absolute atomic E-state index is 0.621. The Labute approximate surface area is 130 Å². The van der Waals surface area contributed by atoms with Crippen LogP contribution in [0, 0.1) is 11.8 Å². The molecule has 0 aliphatic heterocycles. The van der Waals surface area contributed by atoms with Crippen molar-refractivity contribution in [3.63, 3.8) is 0 Å². The summed E-state index contributed by atoms with van der Waals surface area (Å²) in [6.07, 6.45) is 3.82. The topological polar surface area (TPSA) is 41.1 Å². The minimum atomic E-state index is 0.621. The van der Waals surface area contributed by atoms with Gasteiger partial charge in [-0.25, -0.2) is 9.97 Å². The average molecular weight is 292 g/mol. The van der Waals surface area contributed by atoms with Crippen molar-refractivity contribution in [1.29, 1.82) is 0 Å². The molecule has 120 valence electrons. The van der Waals surface area contributed by atoms with Gasteiger partial charge in [-0.05, 0) is 25.2 Å². The first kappa shape index (κ1) is 17.7. The number of hydrogen-bond donors (Lipinski definition) is 1.